The molecule has 0 aromatic heterocycles. The van der Waals surface area contributed by atoms with Crippen molar-refractivity contribution < 1.29 is 9.84 Å². The summed E-state index contributed by atoms with van der Waals surface area (Å²) in [5.74, 6) is 1.63. The summed E-state index contributed by atoms with van der Waals surface area (Å²) >= 11 is 5.88. The number of aromatic hydroxyl groups is 1. The van der Waals surface area contributed by atoms with Crippen molar-refractivity contribution in [1.82, 2.24) is 10.6 Å². The monoisotopic (exact) mass is 489 g/mol. The highest BCUT2D eigenvalue weighted by Crippen LogP contribution is 2.23. The van der Waals surface area contributed by atoms with Gasteiger partial charge in [-0.05, 0) is 42.2 Å². The van der Waals surface area contributed by atoms with E-state index in [1.165, 1.54) is 5.56 Å². The van der Waals surface area contributed by atoms with Crippen molar-refractivity contribution in [2.24, 2.45) is 4.99 Å². The largest absolute Gasteiger partial charge is 0.508 e. The topological polar surface area (TPSA) is 65.9 Å². The van der Waals surface area contributed by atoms with Gasteiger partial charge in [-0.2, -0.15) is 0 Å². The van der Waals surface area contributed by atoms with Crippen LogP contribution in [-0.2, 0) is 12.8 Å². The molecule has 26 heavy (non-hydrogen) atoms. The maximum absolute atomic E-state index is 9.97. The molecule has 0 radical (unpaired) electrons. The van der Waals surface area contributed by atoms with E-state index in [4.69, 9.17) is 16.3 Å². The molecule has 2 aromatic carbocycles. The van der Waals surface area contributed by atoms with Gasteiger partial charge in [-0.25, -0.2) is 0 Å². The molecule has 0 spiro atoms. The zero-order valence-corrected chi connectivity index (χ0v) is 18.0. The maximum Gasteiger partial charge on any atom is 0.190 e. The minimum absolute atomic E-state index is 0. The molecule has 142 valence electrons. The Bertz CT molecular complexity index is 708. The number of benzene rings is 2. The van der Waals surface area contributed by atoms with Gasteiger partial charge in [0.25, 0.3) is 0 Å². The van der Waals surface area contributed by atoms with E-state index in [1.807, 2.05) is 36.4 Å². The molecule has 0 bridgehead atoms. The number of phenolic OH excluding ortho intramolecular Hbond substituents is 1. The molecule has 2 aromatic rings. The number of halogens is 2. The third-order valence-electron chi connectivity index (χ3n) is 3.82. The third kappa shape index (κ3) is 7.29. The fourth-order valence-corrected chi connectivity index (χ4v) is 2.52. The van der Waals surface area contributed by atoms with Crippen molar-refractivity contribution >= 4 is 41.5 Å². The molecule has 7 heteroatoms. The van der Waals surface area contributed by atoms with Crippen LogP contribution in [0.25, 0.3) is 0 Å². The fraction of sp³-hybridized carbons (Fsp3) is 0.316. The average molecular weight is 490 g/mol. The molecule has 0 saturated heterocycles. The number of aliphatic imine (C=N–C) groups is 1. The summed E-state index contributed by atoms with van der Waals surface area (Å²) in [5, 5.41) is 17.2. The maximum atomic E-state index is 9.97. The molecule has 0 aliphatic carbocycles. The van der Waals surface area contributed by atoms with Gasteiger partial charge >= 0.3 is 0 Å². The van der Waals surface area contributed by atoms with Crippen molar-refractivity contribution in [3.05, 3.63) is 58.6 Å². The van der Waals surface area contributed by atoms with Crippen molar-refractivity contribution in [3.63, 3.8) is 0 Å². The van der Waals surface area contributed by atoms with Crippen LogP contribution in [0.3, 0.4) is 0 Å². The van der Waals surface area contributed by atoms with Gasteiger partial charge in [0.05, 0.1) is 7.11 Å². The zero-order valence-electron chi connectivity index (χ0n) is 15.0. The lowest BCUT2D eigenvalue weighted by Crippen LogP contribution is -2.39. The minimum atomic E-state index is 0. The first kappa shape index (κ1) is 22.4. The number of rotatable bonds is 7. The van der Waals surface area contributed by atoms with Gasteiger partial charge in [-0.3, -0.25) is 4.99 Å². The van der Waals surface area contributed by atoms with Crippen molar-refractivity contribution in [2.45, 2.75) is 12.8 Å². The second-order valence-electron chi connectivity index (χ2n) is 5.55. The molecule has 5 nitrogen and oxygen atoms in total. The molecular weight excluding hydrogens is 465 g/mol. The standard InChI is InChI=1S/C19H24ClN3O2.HI/c1-21-19(22-11-9-14-3-6-16(20)7-4-14)23-12-10-15-5-8-17(25-2)13-18(15)24;/h3-8,13,24H,9-12H2,1-2H3,(H2,21,22,23);1H. The number of phenols is 1. The van der Waals surface area contributed by atoms with E-state index in [-0.39, 0.29) is 29.7 Å². The summed E-state index contributed by atoms with van der Waals surface area (Å²) in [6.45, 7) is 1.44. The fourth-order valence-electron chi connectivity index (χ4n) is 2.39. The molecule has 0 saturated carbocycles. The van der Waals surface area contributed by atoms with Crippen LogP contribution >= 0.6 is 35.6 Å². The zero-order chi connectivity index (χ0) is 18.1. The normalized spacial score (nSPS) is 10.8. The summed E-state index contributed by atoms with van der Waals surface area (Å²) in [7, 11) is 3.32. The highest BCUT2D eigenvalue weighted by atomic mass is 127. The molecule has 0 heterocycles. The number of nitrogens with zero attached hydrogens (tertiary/aromatic N) is 1. The van der Waals surface area contributed by atoms with Crippen LogP contribution in [0.5, 0.6) is 11.5 Å². The lowest BCUT2D eigenvalue weighted by atomic mass is 10.1. The first-order valence-electron chi connectivity index (χ1n) is 8.17. The molecule has 0 atom stereocenters. The van der Waals surface area contributed by atoms with Crippen LogP contribution in [0.1, 0.15) is 11.1 Å². The summed E-state index contributed by atoms with van der Waals surface area (Å²) < 4.78 is 5.09. The number of guanidine groups is 1. The van der Waals surface area contributed by atoms with E-state index in [0.717, 1.165) is 29.5 Å². The summed E-state index contributed by atoms with van der Waals surface area (Å²) in [6.07, 6.45) is 1.57. The number of hydrogen-bond acceptors (Lipinski definition) is 3. The van der Waals surface area contributed by atoms with Gasteiger partial charge < -0.3 is 20.5 Å². The Balaban J connectivity index is 0.00000338. The first-order chi connectivity index (χ1) is 12.1. The number of ether oxygens (including phenoxy) is 1. The Kier molecular flexibility index (Phi) is 10.2. The Morgan fingerprint density at radius 2 is 1.73 bits per heavy atom. The molecule has 3 N–H and O–H groups in total. The van der Waals surface area contributed by atoms with E-state index in [2.05, 4.69) is 15.6 Å². The molecule has 0 unspecified atom stereocenters. The minimum Gasteiger partial charge on any atom is -0.508 e. The van der Waals surface area contributed by atoms with E-state index in [0.29, 0.717) is 18.7 Å². The Morgan fingerprint density at radius 3 is 2.31 bits per heavy atom. The summed E-state index contributed by atoms with van der Waals surface area (Å²) in [6, 6.07) is 13.2. The summed E-state index contributed by atoms with van der Waals surface area (Å²) in [4.78, 5) is 4.21. The second-order valence-corrected chi connectivity index (χ2v) is 5.98. The highest BCUT2D eigenvalue weighted by molar-refractivity contribution is 14.0. The number of hydrogen-bond donors (Lipinski definition) is 3. The van der Waals surface area contributed by atoms with Gasteiger partial charge in [0, 0.05) is 31.2 Å². The molecule has 0 aliphatic heterocycles. The van der Waals surface area contributed by atoms with Crippen LogP contribution in [0.4, 0.5) is 0 Å². The van der Waals surface area contributed by atoms with Crippen LogP contribution < -0.4 is 15.4 Å². The predicted octanol–water partition coefficient (Wildman–Crippen LogP) is 3.62. The van der Waals surface area contributed by atoms with Crippen molar-refractivity contribution in [1.29, 1.82) is 0 Å². The lowest BCUT2D eigenvalue weighted by Gasteiger charge is -2.12. The number of methoxy groups -OCH3 is 1. The molecule has 0 aliphatic rings. The SMILES string of the molecule is CN=C(NCCc1ccc(Cl)cc1)NCCc1ccc(OC)cc1O.I. The Morgan fingerprint density at radius 1 is 1.08 bits per heavy atom. The van der Waals surface area contributed by atoms with Crippen LogP contribution in [-0.4, -0.2) is 38.3 Å². The molecule has 2 rings (SSSR count). The van der Waals surface area contributed by atoms with E-state index in [1.54, 1.807) is 20.2 Å². The van der Waals surface area contributed by atoms with Crippen molar-refractivity contribution in [3.8, 4) is 11.5 Å². The Hall–Kier alpha value is -1.67. The Labute approximate surface area is 176 Å². The number of nitrogens with one attached hydrogen (secondary N) is 2. The van der Waals surface area contributed by atoms with E-state index < -0.39 is 0 Å². The smallest absolute Gasteiger partial charge is 0.190 e. The van der Waals surface area contributed by atoms with Gasteiger partial charge in [0.2, 0.25) is 0 Å². The lowest BCUT2D eigenvalue weighted by molar-refractivity contribution is 0.406. The third-order valence-corrected chi connectivity index (χ3v) is 4.07. The van der Waals surface area contributed by atoms with Crippen LogP contribution in [0.15, 0.2) is 47.5 Å². The highest BCUT2D eigenvalue weighted by Gasteiger charge is 2.04. The molecular formula is C19H25ClIN3O2. The summed E-state index contributed by atoms with van der Waals surface area (Å²) in [5.41, 5.74) is 2.08. The average Bonchev–Trinajstić information content (AvgIpc) is 2.63. The van der Waals surface area contributed by atoms with Crippen molar-refractivity contribution in [2.75, 3.05) is 27.2 Å². The second kappa shape index (κ2) is 11.9. The quantitative estimate of drug-likeness (QED) is 0.316. The van der Waals surface area contributed by atoms with Crippen LogP contribution in [0, 0.1) is 0 Å². The van der Waals surface area contributed by atoms with Gasteiger partial charge in [-0.15, -0.1) is 24.0 Å². The predicted molar refractivity (Wildman–Crippen MR) is 118 cm³/mol. The van der Waals surface area contributed by atoms with Gasteiger partial charge in [0.15, 0.2) is 5.96 Å². The van der Waals surface area contributed by atoms with Gasteiger partial charge in [-0.1, -0.05) is 29.8 Å². The molecule has 0 amide bonds. The van der Waals surface area contributed by atoms with Crippen LogP contribution in [0.2, 0.25) is 5.02 Å². The first-order valence-corrected chi connectivity index (χ1v) is 8.55. The molecule has 0 fully saturated rings. The van der Waals surface area contributed by atoms with E-state index >= 15 is 0 Å². The van der Waals surface area contributed by atoms with Gasteiger partial charge in [0.1, 0.15) is 11.5 Å². The van der Waals surface area contributed by atoms with E-state index in [9.17, 15) is 5.11 Å².